The zero-order chi connectivity index (χ0) is 14.2. The highest BCUT2D eigenvalue weighted by atomic mass is 79.9. The van der Waals surface area contributed by atoms with E-state index in [4.69, 9.17) is 17.3 Å². The monoisotopic (exact) mass is 405 g/mol. The summed E-state index contributed by atoms with van der Waals surface area (Å²) in [4.78, 5) is 0. The highest BCUT2D eigenvalue weighted by Crippen LogP contribution is 2.35. The van der Waals surface area contributed by atoms with Crippen LogP contribution in [0.3, 0.4) is 0 Å². The van der Waals surface area contributed by atoms with E-state index in [-0.39, 0.29) is 12.1 Å². The Labute approximate surface area is 134 Å². The number of nitrogens with two attached hydrogens (primary N) is 1. The van der Waals surface area contributed by atoms with Gasteiger partial charge in [0.2, 0.25) is 0 Å². The van der Waals surface area contributed by atoms with Crippen molar-refractivity contribution in [3.8, 4) is 0 Å². The number of hydrogen-bond acceptors (Lipinski definition) is 2. The van der Waals surface area contributed by atoms with Crippen LogP contribution in [0.1, 0.15) is 37.2 Å². The molecule has 0 radical (unpaired) electrons. The molecular weight excluding hydrogens is 393 g/mol. The molecule has 0 aliphatic heterocycles. The third-order valence-corrected chi connectivity index (χ3v) is 4.81. The molecule has 0 aliphatic rings. The fourth-order valence-corrected chi connectivity index (χ4v) is 3.11. The van der Waals surface area contributed by atoms with Crippen LogP contribution in [0.2, 0.25) is 5.02 Å². The fraction of sp³-hybridized carbons (Fsp3) is 0.308. The van der Waals surface area contributed by atoms with E-state index in [2.05, 4.69) is 50.8 Å². The average Bonchev–Trinajstić information content (AvgIpc) is 2.74. The molecule has 2 aromatic rings. The Bertz CT molecular complexity index is 596. The normalized spacial score (nSPS) is 13.0. The summed E-state index contributed by atoms with van der Waals surface area (Å²) < 4.78 is 3.64. The van der Waals surface area contributed by atoms with Crippen molar-refractivity contribution in [3.05, 3.63) is 49.6 Å². The first-order valence-corrected chi connectivity index (χ1v) is 7.82. The van der Waals surface area contributed by atoms with Gasteiger partial charge < -0.3 is 5.73 Å². The predicted molar refractivity (Wildman–Crippen MR) is 85.5 cm³/mol. The maximum Gasteiger partial charge on any atom is 0.0749 e. The van der Waals surface area contributed by atoms with Crippen molar-refractivity contribution in [1.29, 1.82) is 0 Å². The highest BCUT2D eigenvalue weighted by molar-refractivity contribution is 9.10. The minimum absolute atomic E-state index is 0.235. The summed E-state index contributed by atoms with van der Waals surface area (Å²) in [6.45, 7) is 4.14. The molecule has 2 N–H and O–H groups in total. The molecule has 0 saturated heterocycles. The van der Waals surface area contributed by atoms with Crippen LogP contribution in [0.15, 0.2) is 33.3 Å². The molecule has 0 fully saturated rings. The van der Waals surface area contributed by atoms with Crippen LogP contribution in [0.5, 0.6) is 0 Å². The molecule has 1 aromatic heterocycles. The van der Waals surface area contributed by atoms with Crippen molar-refractivity contribution in [2.75, 3.05) is 0 Å². The Kier molecular flexibility index (Phi) is 4.71. The first kappa shape index (κ1) is 15.0. The quantitative estimate of drug-likeness (QED) is 0.802. The Balaban J connectivity index is 2.53. The van der Waals surface area contributed by atoms with Crippen molar-refractivity contribution in [2.45, 2.75) is 25.9 Å². The molecular formula is C13H14Br2ClN3. The first-order chi connectivity index (χ1) is 8.93. The Morgan fingerprint density at radius 3 is 2.58 bits per heavy atom. The van der Waals surface area contributed by atoms with Gasteiger partial charge in [-0.1, -0.05) is 23.7 Å². The molecule has 1 aromatic carbocycles. The van der Waals surface area contributed by atoms with Crippen LogP contribution in [-0.2, 0) is 0 Å². The summed E-state index contributed by atoms with van der Waals surface area (Å²) in [5.41, 5.74) is 8.17. The molecule has 2 rings (SSSR count). The zero-order valence-corrected chi connectivity index (χ0v) is 14.5. The maximum absolute atomic E-state index is 6.37. The lowest BCUT2D eigenvalue weighted by atomic mass is 10.0. The maximum atomic E-state index is 6.37. The van der Waals surface area contributed by atoms with E-state index in [0.29, 0.717) is 5.02 Å². The molecule has 0 bridgehead atoms. The van der Waals surface area contributed by atoms with Gasteiger partial charge in [0.25, 0.3) is 0 Å². The van der Waals surface area contributed by atoms with E-state index in [9.17, 15) is 0 Å². The Morgan fingerprint density at radius 1 is 1.26 bits per heavy atom. The smallest absolute Gasteiger partial charge is 0.0749 e. The van der Waals surface area contributed by atoms with Gasteiger partial charge in [0.15, 0.2) is 0 Å². The van der Waals surface area contributed by atoms with Gasteiger partial charge in [0, 0.05) is 10.5 Å². The van der Waals surface area contributed by atoms with Gasteiger partial charge in [-0.05, 0) is 57.3 Å². The number of aromatic nitrogens is 2. The van der Waals surface area contributed by atoms with Gasteiger partial charge >= 0.3 is 0 Å². The van der Waals surface area contributed by atoms with Gasteiger partial charge in [-0.2, -0.15) is 5.10 Å². The molecule has 0 spiro atoms. The number of rotatable bonds is 3. The van der Waals surface area contributed by atoms with Crippen molar-refractivity contribution < 1.29 is 0 Å². The zero-order valence-electron chi connectivity index (χ0n) is 10.6. The second-order valence-corrected chi connectivity index (χ2v) is 6.62. The molecule has 0 amide bonds. The van der Waals surface area contributed by atoms with Gasteiger partial charge in [0.1, 0.15) is 0 Å². The molecule has 1 heterocycles. The number of hydrogen-bond donors (Lipinski definition) is 1. The predicted octanol–water partition coefficient (Wildman–Crippen LogP) is 4.69. The van der Waals surface area contributed by atoms with Crippen molar-refractivity contribution >= 4 is 43.5 Å². The van der Waals surface area contributed by atoms with Crippen LogP contribution < -0.4 is 5.73 Å². The number of halogens is 3. The summed E-state index contributed by atoms with van der Waals surface area (Å²) in [6.07, 6.45) is 1.76. The summed E-state index contributed by atoms with van der Waals surface area (Å²) in [5, 5.41) is 4.99. The lowest BCUT2D eigenvalue weighted by molar-refractivity contribution is 0.498. The third kappa shape index (κ3) is 2.89. The van der Waals surface area contributed by atoms with E-state index in [1.807, 2.05) is 22.9 Å². The largest absolute Gasteiger partial charge is 0.319 e. The third-order valence-electron chi connectivity index (χ3n) is 2.89. The molecule has 0 aliphatic carbocycles. The molecule has 0 saturated carbocycles. The molecule has 1 atom stereocenters. The highest BCUT2D eigenvalue weighted by Gasteiger charge is 2.22. The van der Waals surface area contributed by atoms with E-state index in [1.54, 1.807) is 6.20 Å². The summed E-state index contributed by atoms with van der Waals surface area (Å²) in [5.74, 6) is 0. The van der Waals surface area contributed by atoms with E-state index < -0.39 is 0 Å². The van der Waals surface area contributed by atoms with Gasteiger partial charge in [-0.15, -0.1) is 0 Å². The number of nitrogens with zero attached hydrogens (tertiary/aromatic N) is 2. The van der Waals surface area contributed by atoms with E-state index in [0.717, 1.165) is 20.2 Å². The van der Waals surface area contributed by atoms with Crippen molar-refractivity contribution in [1.82, 2.24) is 9.78 Å². The molecule has 19 heavy (non-hydrogen) atoms. The van der Waals surface area contributed by atoms with Crippen LogP contribution >= 0.6 is 43.5 Å². The second kappa shape index (κ2) is 5.95. The van der Waals surface area contributed by atoms with E-state index in [1.165, 1.54) is 0 Å². The SMILES string of the molecule is CC(C)n1ncc(Br)c1C(N)c1cccc(Br)c1Cl. The standard InChI is InChI=1S/C13H14Br2ClN3/c1-7(2)19-13(10(15)6-18-19)12(17)8-4-3-5-9(14)11(8)16/h3-7,12H,17H2,1-2H3. The van der Waals surface area contributed by atoms with Crippen LogP contribution in [-0.4, -0.2) is 9.78 Å². The Hall–Kier alpha value is -0.360. The number of benzene rings is 1. The van der Waals surface area contributed by atoms with Crippen LogP contribution in [0, 0.1) is 0 Å². The summed E-state index contributed by atoms with van der Waals surface area (Å²) >= 11 is 13.2. The lowest BCUT2D eigenvalue weighted by Gasteiger charge is -2.19. The second-order valence-electron chi connectivity index (χ2n) is 4.54. The minimum Gasteiger partial charge on any atom is -0.319 e. The summed E-state index contributed by atoms with van der Waals surface area (Å²) in [6, 6.07) is 5.66. The van der Waals surface area contributed by atoms with Gasteiger partial charge in [0.05, 0.1) is 27.4 Å². The molecule has 1 unspecified atom stereocenters. The fourth-order valence-electron chi connectivity index (χ4n) is 1.96. The molecule has 102 valence electrons. The van der Waals surface area contributed by atoms with E-state index >= 15 is 0 Å². The first-order valence-electron chi connectivity index (χ1n) is 5.86. The van der Waals surface area contributed by atoms with Crippen LogP contribution in [0.25, 0.3) is 0 Å². The van der Waals surface area contributed by atoms with Crippen molar-refractivity contribution in [3.63, 3.8) is 0 Å². The topological polar surface area (TPSA) is 43.8 Å². The molecule has 6 heteroatoms. The molecule has 3 nitrogen and oxygen atoms in total. The minimum atomic E-state index is -0.329. The van der Waals surface area contributed by atoms with Gasteiger partial charge in [-0.3, -0.25) is 4.68 Å². The Morgan fingerprint density at radius 2 is 1.95 bits per heavy atom. The average molecular weight is 408 g/mol. The lowest BCUT2D eigenvalue weighted by Crippen LogP contribution is -2.19. The van der Waals surface area contributed by atoms with Gasteiger partial charge in [-0.25, -0.2) is 0 Å². The van der Waals surface area contributed by atoms with Crippen LogP contribution in [0.4, 0.5) is 0 Å². The van der Waals surface area contributed by atoms with Crippen molar-refractivity contribution in [2.24, 2.45) is 5.73 Å². The summed E-state index contributed by atoms with van der Waals surface area (Å²) in [7, 11) is 0.